The largest absolute Gasteiger partial charge is 0.497 e. The molecule has 2 aromatic carbocycles. The highest BCUT2D eigenvalue weighted by Crippen LogP contribution is 2.36. The lowest BCUT2D eigenvalue weighted by Gasteiger charge is -2.20. The number of carbonyl (C=O) groups excluding carboxylic acids is 3. The summed E-state index contributed by atoms with van der Waals surface area (Å²) in [4.78, 5) is 38.3. The predicted molar refractivity (Wildman–Crippen MR) is 111 cm³/mol. The van der Waals surface area contributed by atoms with Gasteiger partial charge in [-0.15, -0.1) is 0 Å². The molecule has 8 nitrogen and oxygen atoms in total. The maximum Gasteiger partial charge on any atom is 0.311 e. The van der Waals surface area contributed by atoms with Crippen molar-refractivity contribution >= 4 is 40.8 Å². The second-order valence-corrected chi connectivity index (χ2v) is 7.05. The van der Waals surface area contributed by atoms with Crippen LogP contribution in [0.25, 0.3) is 0 Å². The average Bonchev–Trinajstić information content (AvgIpc) is 3.13. The van der Waals surface area contributed by atoms with Crippen molar-refractivity contribution in [1.29, 1.82) is 0 Å². The van der Waals surface area contributed by atoms with Crippen molar-refractivity contribution in [2.75, 3.05) is 37.6 Å². The minimum Gasteiger partial charge on any atom is -0.497 e. The third-order valence-electron chi connectivity index (χ3n) is 4.59. The normalized spacial score (nSPS) is 15.6. The summed E-state index contributed by atoms with van der Waals surface area (Å²) < 4.78 is 15.6. The van der Waals surface area contributed by atoms with E-state index in [-0.39, 0.29) is 18.9 Å². The lowest BCUT2D eigenvalue weighted by atomic mass is 10.1. The van der Waals surface area contributed by atoms with Gasteiger partial charge in [-0.3, -0.25) is 14.4 Å². The van der Waals surface area contributed by atoms with E-state index in [0.717, 1.165) is 0 Å². The fourth-order valence-electron chi connectivity index (χ4n) is 3.12. The molecular weight excluding hydrogens is 412 g/mol. The van der Waals surface area contributed by atoms with Crippen LogP contribution in [0.4, 0.5) is 11.4 Å². The number of nitrogens with zero attached hydrogens (tertiary/aromatic N) is 1. The lowest BCUT2D eigenvalue weighted by Crippen LogP contribution is -2.28. The molecule has 1 fully saturated rings. The molecule has 2 aromatic rings. The second-order valence-electron chi connectivity index (χ2n) is 6.61. The number of benzene rings is 2. The number of esters is 1. The number of methoxy groups -OCH3 is 2. The van der Waals surface area contributed by atoms with Crippen LogP contribution in [0.5, 0.6) is 11.5 Å². The van der Waals surface area contributed by atoms with Gasteiger partial charge in [-0.1, -0.05) is 17.7 Å². The van der Waals surface area contributed by atoms with Crippen LogP contribution in [0.15, 0.2) is 42.5 Å². The molecule has 0 spiro atoms. The van der Waals surface area contributed by atoms with E-state index in [0.29, 0.717) is 27.9 Å². The molecule has 0 bridgehead atoms. The van der Waals surface area contributed by atoms with Gasteiger partial charge in [-0.2, -0.15) is 0 Å². The SMILES string of the molecule is COc1ccc(N2C[C@@H](C(=O)OCC(=O)Nc3cccc(Cl)c3)CC2=O)c(OC)c1. The van der Waals surface area contributed by atoms with Crippen molar-refractivity contribution < 1.29 is 28.6 Å². The number of nitrogens with one attached hydrogen (secondary N) is 1. The molecule has 2 amide bonds. The number of ether oxygens (including phenoxy) is 3. The Hall–Kier alpha value is -3.26. The summed E-state index contributed by atoms with van der Waals surface area (Å²) in [6.07, 6.45) is -0.00999. The summed E-state index contributed by atoms with van der Waals surface area (Å²) in [5.41, 5.74) is 1.04. The van der Waals surface area contributed by atoms with E-state index < -0.39 is 24.4 Å². The maximum atomic E-state index is 12.5. The van der Waals surface area contributed by atoms with E-state index in [4.69, 9.17) is 25.8 Å². The Kier molecular flexibility index (Phi) is 6.79. The molecule has 0 saturated carbocycles. The Morgan fingerprint density at radius 2 is 1.97 bits per heavy atom. The van der Waals surface area contributed by atoms with Crippen LogP contribution in [-0.4, -0.2) is 45.2 Å². The zero-order valence-electron chi connectivity index (χ0n) is 16.5. The third kappa shape index (κ3) is 5.01. The monoisotopic (exact) mass is 432 g/mol. The molecule has 0 radical (unpaired) electrons. The highest BCUT2D eigenvalue weighted by Gasteiger charge is 2.37. The Morgan fingerprint density at radius 1 is 1.17 bits per heavy atom. The average molecular weight is 433 g/mol. The molecule has 1 aliphatic heterocycles. The number of rotatable bonds is 7. The maximum absolute atomic E-state index is 12.5. The van der Waals surface area contributed by atoms with Gasteiger partial charge < -0.3 is 24.4 Å². The van der Waals surface area contributed by atoms with Gasteiger partial charge in [0, 0.05) is 29.7 Å². The van der Waals surface area contributed by atoms with Crippen molar-refractivity contribution in [3.63, 3.8) is 0 Å². The highest BCUT2D eigenvalue weighted by molar-refractivity contribution is 6.30. The number of carbonyl (C=O) groups is 3. The van der Waals surface area contributed by atoms with Gasteiger partial charge >= 0.3 is 5.97 Å². The van der Waals surface area contributed by atoms with Crippen molar-refractivity contribution in [3.8, 4) is 11.5 Å². The van der Waals surface area contributed by atoms with E-state index in [9.17, 15) is 14.4 Å². The van der Waals surface area contributed by atoms with E-state index in [1.54, 1.807) is 42.5 Å². The van der Waals surface area contributed by atoms with E-state index >= 15 is 0 Å². The van der Waals surface area contributed by atoms with Gasteiger partial charge in [0.05, 0.1) is 25.8 Å². The quantitative estimate of drug-likeness (QED) is 0.676. The predicted octanol–water partition coefficient (Wildman–Crippen LogP) is 2.89. The number of amides is 2. The van der Waals surface area contributed by atoms with Gasteiger partial charge in [-0.05, 0) is 30.3 Å². The summed E-state index contributed by atoms with van der Waals surface area (Å²) in [7, 11) is 3.02. The molecule has 158 valence electrons. The summed E-state index contributed by atoms with van der Waals surface area (Å²) >= 11 is 5.87. The minimum absolute atomic E-state index is 0.00999. The van der Waals surface area contributed by atoms with Gasteiger partial charge in [0.2, 0.25) is 5.91 Å². The summed E-state index contributed by atoms with van der Waals surface area (Å²) in [5.74, 6) is -0.975. The first-order valence-corrected chi connectivity index (χ1v) is 9.53. The highest BCUT2D eigenvalue weighted by atomic mass is 35.5. The van der Waals surface area contributed by atoms with Crippen LogP contribution in [0.1, 0.15) is 6.42 Å². The molecule has 0 unspecified atom stereocenters. The summed E-state index contributed by atoms with van der Waals surface area (Å²) in [5, 5.41) is 3.07. The first-order chi connectivity index (χ1) is 14.4. The molecule has 1 atom stereocenters. The Labute approximate surface area is 178 Å². The Balaban J connectivity index is 1.58. The van der Waals surface area contributed by atoms with Gasteiger partial charge in [0.1, 0.15) is 11.5 Å². The van der Waals surface area contributed by atoms with E-state index in [2.05, 4.69) is 5.32 Å². The first-order valence-electron chi connectivity index (χ1n) is 9.15. The topological polar surface area (TPSA) is 94.2 Å². The molecule has 1 saturated heterocycles. The van der Waals surface area contributed by atoms with E-state index in [1.807, 2.05) is 0 Å². The molecule has 1 heterocycles. The number of anilines is 2. The van der Waals surface area contributed by atoms with Crippen LogP contribution >= 0.6 is 11.6 Å². The van der Waals surface area contributed by atoms with Gasteiger partial charge in [-0.25, -0.2) is 0 Å². The van der Waals surface area contributed by atoms with E-state index in [1.165, 1.54) is 19.1 Å². The summed E-state index contributed by atoms with van der Waals surface area (Å²) in [6, 6.07) is 11.7. The number of halogens is 1. The van der Waals surface area contributed by atoms with Crippen molar-refractivity contribution in [2.24, 2.45) is 5.92 Å². The summed E-state index contributed by atoms with van der Waals surface area (Å²) in [6.45, 7) is -0.321. The minimum atomic E-state index is -0.678. The molecule has 3 rings (SSSR count). The van der Waals surface area contributed by atoms with Crippen molar-refractivity contribution in [1.82, 2.24) is 0 Å². The second kappa shape index (κ2) is 9.49. The lowest BCUT2D eigenvalue weighted by molar-refractivity contribution is -0.151. The van der Waals surface area contributed by atoms with Crippen LogP contribution in [0, 0.1) is 5.92 Å². The van der Waals surface area contributed by atoms with Crippen LogP contribution in [0.2, 0.25) is 5.02 Å². The van der Waals surface area contributed by atoms with Crippen LogP contribution in [-0.2, 0) is 19.1 Å². The number of hydrogen-bond donors (Lipinski definition) is 1. The fourth-order valence-corrected chi connectivity index (χ4v) is 3.31. The van der Waals surface area contributed by atoms with Crippen LogP contribution in [0.3, 0.4) is 0 Å². The molecule has 0 aliphatic carbocycles. The molecule has 9 heteroatoms. The van der Waals surface area contributed by atoms with Crippen LogP contribution < -0.4 is 19.7 Å². The van der Waals surface area contributed by atoms with Crippen molar-refractivity contribution in [2.45, 2.75) is 6.42 Å². The third-order valence-corrected chi connectivity index (χ3v) is 4.83. The Morgan fingerprint density at radius 3 is 2.67 bits per heavy atom. The molecule has 30 heavy (non-hydrogen) atoms. The zero-order chi connectivity index (χ0) is 21.7. The zero-order valence-corrected chi connectivity index (χ0v) is 17.3. The van der Waals surface area contributed by atoms with Gasteiger partial charge in [0.25, 0.3) is 5.91 Å². The number of hydrogen-bond acceptors (Lipinski definition) is 6. The Bertz CT molecular complexity index is 964. The standard InChI is InChI=1S/C21H21ClN2O6/c1-28-16-6-7-17(18(10-16)29-2)24-11-13(8-20(24)26)21(27)30-12-19(25)23-15-5-3-4-14(22)9-15/h3-7,9-10,13H,8,11-12H2,1-2H3,(H,23,25)/t13-/m0/s1. The molecular formula is C21H21ClN2O6. The molecule has 0 aromatic heterocycles. The van der Waals surface area contributed by atoms with Crippen molar-refractivity contribution in [3.05, 3.63) is 47.5 Å². The molecule has 1 aliphatic rings. The molecule has 1 N–H and O–H groups in total. The first kappa shape index (κ1) is 21.4. The fraction of sp³-hybridized carbons (Fsp3) is 0.286. The smallest absolute Gasteiger partial charge is 0.311 e. The van der Waals surface area contributed by atoms with Gasteiger partial charge in [0.15, 0.2) is 6.61 Å².